The van der Waals surface area contributed by atoms with Crippen molar-refractivity contribution < 1.29 is 124 Å². The molecule has 23 N–H and O–H groups in total. The number of rotatable bonds is 19. The number of primary amides is 1. The summed E-state index contributed by atoms with van der Waals surface area (Å²) in [6, 6.07) is -8.99. The maximum absolute atomic E-state index is 15.0. The van der Waals surface area contributed by atoms with Gasteiger partial charge in [0.2, 0.25) is 59.1 Å². The monoisotopic (exact) mass is 1390 g/mol. The number of carboxylic acids is 2. The molecule has 0 aromatic heterocycles. The molecule has 34 nitrogen and oxygen atoms in total. The highest BCUT2D eigenvalue weighted by molar-refractivity contribution is 6.00. The molecule has 1 fully saturated rings. The molecule has 96 heavy (non-hydrogen) atoms. The molecule has 0 radical (unpaired) electrons. The number of halogens is 6. The summed E-state index contributed by atoms with van der Waals surface area (Å²) in [5.41, 5.74) is 17.0. The summed E-state index contributed by atoms with van der Waals surface area (Å²) >= 11 is 0. The van der Waals surface area contributed by atoms with Crippen LogP contribution in [0.2, 0.25) is 0 Å². The zero-order valence-corrected chi connectivity index (χ0v) is 53.8. The number of nitrogens with one attached hydrogen (secondary N) is 11. The van der Waals surface area contributed by atoms with Crippen molar-refractivity contribution in [2.45, 2.75) is 186 Å². The number of ether oxygens (including phenoxy) is 1. The van der Waals surface area contributed by atoms with Crippen LogP contribution in [0.5, 0.6) is 0 Å². The van der Waals surface area contributed by atoms with E-state index in [0.29, 0.717) is 0 Å². The SMILES string of the molecule is CC[C@H](C)[C@@H]1NC(=O)[C@@H](CCCNC(=N)N)NC(=O)[C@H](CC(C)C)NC(=O)[C@H]([C@H](O)C(C)C)NC(=O)[C@@H](NC(=O)[C@@H](N)CC(C)C)[C@@H](c2ccccc2)OC(=O)[C@H](CO)NC(=O)[C@H]([C@H](O)C(N)=O)NC(=O)CNC(=O)[C@H]([C@H](C)O)NC1=O.O=C(O)C(F)(F)F.O=C(O)C(F)(F)F. The van der Waals surface area contributed by atoms with Gasteiger partial charge in [0.05, 0.1) is 31.4 Å². The van der Waals surface area contributed by atoms with Gasteiger partial charge < -0.3 is 106 Å². The Kier molecular flexibility index (Phi) is 37.2. The minimum Gasteiger partial charge on any atom is -0.475 e. The molecule has 1 aliphatic heterocycles. The number of carbonyl (C=O) groups is 13. The minimum absolute atomic E-state index is 0.0182. The van der Waals surface area contributed by atoms with E-state index in [0.717, 1.165) is 6.92 Å². The van der Waals surface area contributed by atoms with Crippen molar-refractivity contribution in [2.75, 3.05) is 19.7 Å². The third-order valence-corrected chi connectivity index (χ3v) is 13.6. The molecule has 0 unspecified atom stereocenters. The second kappa shape index (κ2) is 41.1. The van der Waals surface area contributed by atoms with Gasteiger partial charge in [-0.05, 0) is 61.8 Å². The van der Waals surface area contributed by atoms with Gasteiger partial charge in [-0.1, -0.05) is 92.1 Å². The van der Waals surface area contributed by atoms with Gasteiger partial charge in [0.1, 0.15) is 42.3 Å². The van der Waals surface area contributed by atoms with Crippen LogP contribution in [0.15, 0.2) is 30.3 Å². The predicted molar refractivity (Wildman–Crippen MR) is 321 cm³/mol. The summed E-state index contributed by atoms with van der Waals surface area (Å²) < 4.78 is 69.3. The molecular formula is C56H88F6N14O20. The lowest BCUT2D eigenvalue weighted by molar-refractivity contribution is -0.193. The first-order chi connectivity index (χ1) is 44.2. The van der Waals surface area contributed by atoms with Gasteiger partial charge in [0, 0.05) is 6.54 Å². The van der Waals surface area contributed by atoms with Gasteiger partial charge in [-0.3, -0.25) is 53.4 Å². The lowest BCUT2D eigenvalue weighted by Crippen LogP contribution is -2.64. The van der Waals surface area contributed by atoms with Crippen LogP contribution in [0, 0.1) is 29.1 Å². The van der Waals surface area contributed by atoms with Crippen LogP contribution in [-0.4, -0.2) is 218 Å². The summed E-state index contributed by atoms with van der Waals surface area (Å²) in [4.78, 5) is 171. The van der Waals surface area contributed by atoms with Gasteiger partial charge in [0.15, 0.2) is 24.2 Å². The van der Waals surface area contributed by atoms with Crippen LogP contribution in [0.25, 0.3) is 0 Å². The van der Waals surface area contributed by atoms with Crippen molar-refractivity contribution in [3.63, 3.8) is 0 Å². The van der Waals surface area contributed by atoms with Gasteiger partial charge in [0.25, 0.3) is 0 Å². The topological polar surface area (TPSA) is 575 Å². The number of aliphatic carboxylic acids is 2. The van der Waals surface area contributed by atoms with Crippen LogP contribution >= 0.6 is 0 Å². The molecular weight excluding hydrogens is 1300 g/mol. The fraction of sp³-hybridized carbons (Fsp3) is 0.643. The Balaban J connectivity index is 0.00000576. The molecule has 10 amide bonds. The molecule has 14 atom stereocenters. The van der Waals surface area contributed by atoms with E-state index in [9.17, 15) is 99.5 Å². The first-order valence-corrected chi connectivity index (χ1v) is 29.6. The first-order valence-electron chi connectivity index (χ1n) is 29.6. The van der Waals surface area contributed by atoms with Gasteiger partial charge in [-0.15, -0.1) is 0 Å². The third-order valence-electron chi connectivity index (χ3n) is 13.6. The van der Waals surface area contributed by atoms with Crippen molar-refractivity contribution in [3.8, 4) is 0 Å². The van der Waals surface area contributed by atoms with E-state index in [2.05, 4.69) is 42.5 Å². The number of carbonyl (C=O) groups excluding carboxylic acids is 11. The van der Waals surface area contributed by atoms with Crippen molar-refractivity contribution in [3.05, 3.63) is 35.9 Å². The molecule has 0 saturated carbocycles. The maximum Gasteiger partial charge on any atom is 0.490 e. The Morgan fingerprint density at radius 3 is 1.59 bits per heavy atom. The third kappa shape index (κ3) is 31.0. The molecule has 2 rings (SSSR count). The number of amides is 10. The van der Waals surface area contributed by atoms with E-state index < -0.39 is 199 Å². The Hall–Kier alpha value is -9.02. The number of aliphatic hydroxyl groups excluding tert-OH is 4. The summed E-state index contributed by atoms with van der Waals surface area (Å²) in [5, 5.41) is 89.2. The quantitative estimate of drug-likeness (QED) is 0.0204. The number of benzene rings is 1. The second-order valence-electron chi connectivity index (χ2n) is 23.0. The van der Waals surface area contributed by atoms with E-state index in [1.165, 1.54) is 38.1 Å². The first kappa shape index (κ1) is 87.0. The van der Waals surface area contributed by atoms with Gasteiger partial charge >= 0.3 is 30.3 Å². The lowest BCUT2D eigenvalue weighted by atomic mass is 9.95. The zero-order chi connectivity index (χ0) is 74.4. The molecule has 0 spiro atoms. The molecule has 1 aliphatic rings. The van der Waals surface area contributed by atoms with Crippen molar-refractivity contribution >= 4 is 82.9 Å². The number of hydrogen-bond donors (Lipinski definition) is 20. The molecule has 40 heteroatoms. The Labute approximate surface area is 546 Å². The van der Waals surface area contributed by atoms with E-state index >= 15 is 0 Å². The summed E-state index contributed by atoms with van der Waals surface area (Å²) in [5.74, 6) is -21.4. The molecule has 0 aliphatic carbocycles. The smallest absolute Gasteiger partial charge is 0.475 e. The standard InChI is InChI=1S/C52H86N14O16.2C2HF3O2/c1-10-26(8)34-47(77)64-35(27(9)68)46(76)58-21-33(69)62-37(40(71)42(54)72)49(79)61-32(22-67)51(81)82-41(28-15-12-11-13-16-28)38(66-43(73)29(53)19-23(2)3)50(80)65-36(39(70)25(6)7)48(78)60-31(20-24(4)5)45(75)59-30(44(74)63-34)17-14-18-57-52(55)56;2*3-2(4,5)1(6)7/h11-13,15-16,23-27,29-32,34-41,67-68,70-71H,10,14,17-22,53H2,1-9H3,(H2,54,72)(H,58,76)(H,59,75)(H,60,78)(H,61,79)(H,62,69)(H,63,74)(H,64,77)(H,65,80)(H,66,73)(H4,55,56,57);2*(H,6,7)/t26-,27-,29-,30+,31-,32-,34-,35-,36-,37-,38-,39+,40-,41+;;/m0../s1. The molecule has 1 aromatic rings. The number of nitrogens with two attached hydrogens (primary N) is 3. The highest BCUT2D eigenvalue weighted by Gasteiger charge is 2.44. The lowest BCUT2D eigenvalue weighted by Gasteiger charge is -2.33. The van der Waals surface area contributed by atoms with E-state index in [-0.39, 0.29) is 56.0 Å². The average molecular weight is 1390 g/mol. The number of carboxylic acid groups (broad SMARTS) is 2. The normalized spacial score (nSPS) is 23.5. The van der Waals surface area contributed by atoms with E-state index in [4.69, 9.17) is 47.1 Å². The molecule has 1 saturated heterocycles. The van der Waals surface area contributed by atoms with Crippen molar-refractivity contribution in [1.82, 2.24) is 53.2 Å². The number of esters is 1. The Bertz CT molecular complexity index is 2800. The van der Waals surface area contributed by atoms with Crippen LogP contribution in [0.1, 0.15) is 106 Å². The van der Waals surface area contributed by atoms with Crippen LogP contribution in [0.4, 0.5) is 26.3 Å². The molecule has 1 heterocycles. The highest BCUT2D eigenvalue weighted by atomic mass is 19.4. The summed E-state index contributed by atoms with van der Waals surface area (Å²) in [7, 11) is 0. The fourth-order valence-electron chi connectivity index (χ4n) is 8.30. The number of cyclic esters (lactones) is 1. The average Bonchev–Trinajstić information content (AvgIpc) is 0.820. The summed E-state index contributed by atoms with van der Waals surface area (Å²) in [6.07, 6.45) is -18.0. The van der Waals surface area contributed by atoms with Crippen molar-refractivity contribution in [1.29, 1.82) is 5.41 Å². The van der Waals surface area contributed by atoms with E-state index in [1.807, 2.05) is 10.6 Å². The van der Waals surface area contributed by atoms with Crippen molar-refractivity contribution in [2.24, 2.45) is 40.9 Å². The number of hydrogen-bond acceptors (Lipinski definition) is 20. The van der Waals surface area contributed by atoms with Crippen LogP contribution < -0.4 is 70.4 Å². The second-order valence-corrected chi connectivity index (χ2v) is 23.0. The van der Waals surface area contributed by atoms with E-state index in [1.54, 1.807) is 47.6 Å². The predicted octanol–water partition coefficient (Wildman–Crippen LogP) is -4.49. The number of alkyl halides is 6. The number of aliphatic hydroxyl groups is 4. The minimum atomic E-state index is -5.08. The van der Waals surface area contributed by atoms with Gasteiger partial charge in [-0.25, -0.2) is 14.4 Å². The summed E-state index contributed by atoms with van der Waals surface area (Å²) in [6.45, 7) is 12.0. The molecule has 0 bridgehead atoms. The van der Waals surface area contributed by atoms with Gasteiger partial charge in [-0.2, -0.15) is 26.3 Å². The fourth-order valence-corrected chi connectivity index (χ4v) is 8.30. The zero-order valence-electron chi connectivity index (χ0n) is 53.8. The number of guanidine groups is 1. The van der Waals surface area contributed by atoms with Crippen LogP contribution in [-0.2, 0) is 67.1 Å². The Morgan fingerprint density at radius 1 is 0.656 bits per heavy atom. The maximum atomic E-state index is 15.0. The Morgan fingerprint density at radius 2 is 1.14 bits per heavy atom. The highest BCUT2D eigenvalue weighted by Crippen LogP contribution is 2.25. The van der Waals surface area contributed by atoms with Crippen LogP contribution in [0.3, 0.4) is 0 Å². The molecule has 544 valence electrons. The largest absolute Gasteiger partial charge is 0.490 e. The molecule has 1 aromatic carbocycles.